The van der Waals surface area contributed by atoms with E-state index in [1.807, 2.05) is 13.0 Å². The molecule has 0 spiro atoms. The Hall–Kier alpha value is -1.03. The second-order valence-corrected chi connectivity index (χ2v) is 8.50. The molecule has 2 rings (SSSR count). The summed E-state index contributed by atoms with van der Waals surface area (Å²) in [6, 6.07) is 10.4. The molecule has 1 fully saturated rings. The molecule has 1 unspecified atom stereocenters. The van der Waals surface area contributed by atoms with E-state index < -0.39 is 9.84 Å². The molecule has 1 atom stereocenters. The van der Waals surface area contributed by atoms with Crippen LogP contribution in [0, 0.1) is 0 Å². The van der Waals surface area contributed by atoms with Gasteiger partial charge >= 0.3 is 0 Å². The van der Waals surface area contributed by atoms with Crippen LogP contribution in [0.2, 0.25) is 0 Å². The number of aliphatic imine (C=N–C) groups is 1. The fraction of sp³-hybridized carbons (Fsp3) is 0.611. The highest BCUT2D eigenvalue weighted by Crippen LogP contribution is 2.13. The van der Waals surface area contributed by atoms with Crippen LogP contribution in [0.5, 0.6) is 0 Å². The molecule has 2 N–H and O–H groups in total. The van der Waals surface area contributed by atoms with E-state index in [0.29, 0.717) is 18.9 Å². The van der Waals surface area contributed by atoms with Gasteiger partial charge in [0.15, 0.2) is 15.8 Å². The van der Waals surface area contributed by atoms with Crippen LogP contribution in [0.4, 0.5) is 5.69 Å². The Morgan fingerprint density at radius 2 is 2.00 bits per heavy atom. The highest BCUT2D eigenvalue weighted by molar-refractivity contribution is 14.0. The van der Waals surface area contributed by atoms with Crippen LogP contribution in [0.15, 0.2) is 35.3 Å². The lowest BCUT2D eigenvalue weighted by Gasteiger charge is -2.22. The Kier molecular flexibility index (Phi) is 10.3. The largest absolute Gasteiger partial charge is 0.372 e. The first-order valence-electron chi connectivity index (χ1n) is 9.09. The van der Waals surface area contributed by atoms with Crippen molar-refractivity contribution in [2.45, 2.75) is 32.7 Å². The molecule has 8 heteroatoms. The highest BCUT2D eigenvalue weighted by atomic mass is 127. The minimum Gasteiger partial charge on any atom is -0.372 e. The van der Waals surface area contributed by atoms with Crippen LogP contribution in [0.25, 0.3) is 0 Å². The molecule has 1 heterocycles. The summed E-state index contributed by atoms with van der Waals surface area (Å²) < 4.78 is 23.2. The number of guanidine groups is 1. The van der Waals surface area contributed by atoms with Gasteiger partial charge in [-0.15, -0.1) is 24.0 Å². The Balaban J connectivity index is 0.00000338. The first kappa shape index (κ1) is 23.0. The number of hydrogen-bond donors (Lipinski definition) is 2. The summed E-state index contributed by atoms with van der Waals surface area (Å²) in [5.41, 5.74) is 1.23. The lowest BCUT2D eigenvalue weighted by molar-refractivity contribution is 0.599. The van der Waals surface area contributed by atoms with Crippen molar-refractivity contribution in [3.05, 3.63) is 30.3 Å². The lowest BCUT2D eigenvalue weighted by atomic mass is 10.2. The van der Waals surface area contributed by atoms with Gasteiger partial charge in [0.1, 0.15) is 0 Å². The van der Waals surface area contributed by atoms with Crippen LogP contribution >= 0.6 is 24.0 Å². The first-order chi connectivity index (χ1) is 12.0. The molecule has 0 bridgehead atoms. The van der Waals surface area contributed by atoms with Crippen molar-refractivity contribution in [1.82, 2.24) is 10.6 Å². The molecule has 0 amide bonds. The van der Waals surface area contributed by atoms with Crippen LogP contribution < -0.4 is 15.5 Å². The van der Waals surface area contributed by atoms with Crippen molar-refractivity contribution in [3.63, 3.8) is 0 Å². The van der Waals surface area contributed by atoms with Gasteiger partial charge in [0, 0.05) is 37.9 Å². The van der Waals surface area contributed by atoms with Gasteiger partial charge in [-0.25, -0.2) is 8.42 Å². The maximum Gasteiger partial charge on any atom is 0.191 e. The van der Waals surface area contributed by atoms with Gasteiger partial charge in [-0.3, -0.25) is 4.99 Å². The molecule has 1 saturated heterocycles. The molecule has 6 nitrogen and oxygen atoms in total. The van der Waals surface area contributed by atoms with Gasteiger partial charge in [-0.05, 0) is 38.8 Å². The topological polar surface area (TPSA) is 73.8 Å². The minimum atomic E-state index is -2.88. The molecule has 0 saturated carbocycles. The van der Waals surface area contributed by atoms with Crippen LogP contribution in [0.1, 0.15) is 26.7 Å². The van der Waals surface area contributed by atoms with Crippen LogP contribution in [-0.2, 0) is 9.84 Å². The molecular weight excluding hydrogens is 463 g/mol. The standard InChI is InChI=1S/C18H30N4O2S.HI/c1-3-19-18(21-16-11-14-25(23,24)15-16)20-12-8-13-22(4-2)17-9-6-5-7-10-17;/h5-7,9-10,16H,3-4,8,11-15H2,1-2H3,(H2,19,20,21);1H. The van der Waals surface area contributed by atoms with E-state index in [9.17, 15) is 8.42 Å². The predicted octanol–water partition coefficient (Wildman–Crippen LogP) is 2.26. The summed E-state index contributed by atoms with van der Waals surface area (Å²) in [5, 5.41) is 6.45. The number of sulfone groups is 1. The number of nitrogens with one attached hydrogen (secondary N) is 2. The van der Waals surface area contributed by atoms with Gasteiger partial charge < -0.3 is 15.5 Å². The molecule has 1 aromatic carbocycles. The second-order valence-electron chi connectivity index (χ2n) is 6.27. The fourth-order valence-electron chi connectivity index (χ4n) is 2.98. The van der Waals surface area contributed by atoms with Gasteiger partial charge in [0.2, 0.25) is 0 Å². The third-order valence-corrected chi connectivity index (χ3v) is 6.04. The van der Waals surface area contributed by atoms with Crippen molar-refractivity contribution in [2.24, 2.45) is 4.99 Å². The van der Waals surface area contributed by atoms with Gasteiger partial charge in [-0.1, -0.05) is 18.2 Å². The number of anilines is 1. The average Bonchev–Trinajstić information content (AvgIpc) is 2.94. The zero-order valence-corrected chi connectivity index (χ0v) is 18.8. The van der Waals surface area contributed by atoms with E-state index in [2.05, 4.69) is 51.7 Å². The Labute approximate surface area is 174 Å². The molecular formula is C18H31IN4O2S. The third-order valence-electron chi connectivity index (χ3n) is 4.28. The summed E-state index contributed by atoms with van der Waals surface area (Å²) in [4.78, 5) is 6.93. The molecule has 1 aliphatic heterocycles. The minimum absolute atomic E-state index is 0. The van der Waals surface area contributed by atoms with Gasteiger partial charge in [0.25, 0.3) is 0 Å². The van der Waals surface area contributed by atoms with Crippen LogP contribution in [0.3, 0.4) is 0 Å². The van der Waals surface area contributed by atoms with Gasteiger partial charge in [-0.2, -0.15) is 0 Å². The summed E-state index contributed by atoms with van der Waals surface area (Å²) in [7, 11) is -2.88. The summed E-state index contributed by atoms with van der Waals surface area (Å²) >= 11 is 0. The second kappa shape index (κ2) is 11.6. The SMILES string of the molecule is CCNC(=NCCCN(CC)c1ccccc1)NC1CCS(=O)(=O)C1.I. The average molecular weight is 494 g/mol. The van der Waals surface area contributed by atoms with Crippen LogP contribution in [-0.4, -0.2) is 58.1 Å². The Morgan fingerprint density at radius 1 is 1.27 bits per heavy atom. The zero-order valence-electron chi connectivity index (χ0n) is 15.6. The Morgan fingerprint density at radius 3 is 2.58 bits per heavy atom. The Bertz CT molecular complexity index is 652. The molecule has 1 aliphatic rings. The zero-order chi connectivity index (χ0) is 18.1. The maximum absolute atomic E-state index is 11.6. The van der Waals surface area contributed by atoms with E-state index in [1.165, 1.54) is 5.69 Å². The van der Waals surface area contributed by atoms with E-state index in [4.69, 9.17) is 0 Å². The molecule has 0 radical (unpaired) electrons. The van der Waals surface area contributed by atoms with Crippen molar-refractivity contribution in [1.29, 1.82) is 0 Å². The number of halogens is 1. The van der Waals surface area contributed by atoms with Crippen molar-refractivity contribution in [2.75, 3.05) is 42.6 Å². The summed E-state index contributed by atoms with van der Waals surface area (Å²) in [6.07, 6.45) is 1.60. The van der Waals surface area contributed by atoms with Crippen molar-refractivity contribution >= 4 is 45.5 Å². The summed E-state index contributed by atoms with van der Waals surface area (Å²) in [6.45, 7) is 7.54. The molecule has 0 aliphatic carbocycles. The lowest BCUT2D eigenvalue weighted by Crippen LogP contribution is -2.44. The highest BCUT2D eigenvalue weighted by Gasteiger charge is 2.28. The van der Waals surface area contributed by atoms with Crippen molar-refractivity contribution in [3.8, 4) is 0 Å². The normalized spacial score (nSPS) is 18.8. The smallest absolute Gasteiger partial charge is 0.191 e. The summed E-state index contributed by atoms with van der Waals surface area (Å²) in [5.74, 6) is 1.19. The number of para-hydroxylation sites is 1. The maximum atomic E-state index is 11.6. The van der Waals surface area contributed by atoms with Gasteiger partial charge in [0.05, 0.1) is 11.5 Å². The predicted molar refractivity (Wildman–Crippen MR) is 121 cm³/mol. The number of nitrogens with zero attached hydrogens (tertiary/aromatic N) is 2. The molecule has 1 aromatic rings. The third kappa shape index (κ3) is 7.69. The van der Waals surface area contributed by atoms with E-state index in [-0.39, 0.29) is 41.5 Å². The van der Waals surface area contributed by atoms with E-state index >= 15 is 0 Å². The monoisotopic (exact) mass is 494 g/mol. The number of hydrogen-bond acceptors (Lipinski definition) is 4. The molecule has 0 aromatic heterocycles. The number of benzene rings is 1. The molecule has 148 valence electrons. The number of rotatable bonds is 8. The quantitative estimate of drug-likeness (QED) is 0.251. The van der Waals surface area contributed by atoms with E-state index in [0.717, 1.165) is 26.1 Å². The molecule has 26 heavy (non-hydrogen) atoms. The van der Waals surface area contributed by atoms with Crippen molar-refractivity contribution < 1.29 is 8.42 Å². The van der Waals surface area contributed by atoms with E-state index in [1.54, 1.807) is 0 Å². The first-order valence-corrected chi connectivity index (χ1v) is 10.9. The fourth-order valence-corrected chi connectivity index (χ4v) is 4.66.